The Morgan fingerprint density at radius 2 is 1.76 bits per heavy atom. The molecule has 0 unspecified atom stereocenters. The van der Waals surface area contributed by atoms with Crippen LogP contribution in [0.1, 0.15) is 48.3 Å². The number of aromatic nitrogens is 2. The summed E-state index contributed by atoms with van der Waals surface area (Å²) in [6, 6.07) is 7.41. The first kappa shape index (κ1) is 32.0. The minimum atomic E-state index is -4.31. The number of halogens is 2. The second kappa shape index (κ2) is 12.4. The number of likely N-dealkylation sites (N-methyl/N-ethyl adjacent to an activating group) is 1. The van der Waals surface area contributed by atoms with Crippen LogP contribution in [0.4, 0.5) is 26.0 Å². The number of H-pyrrole nitrogens is 1. The first-order valence-electron chi connectivity index (χ1n) is 15.2. The summed E-state index contributed by atoms with van der Waals surface area (Å²) in [7, 11) is -2.25. The molecule has 3 aliphatic rings. The van der Waals surface area contributed by atoms with Gasteiger partial charge in [-0.15, -0.1) is 0 Å². The third kappa shape index (κ3) is 6.36. The van der Waals surface area contributed by atoms with E-state index >= 15 is 0 Å². The zero-order valence-corrected chi connectivity index (χ0v) is 26.7. The van der Waals surface area contributed by atoms with Gasteiger partial charge in [0.25, 0.3) is 11.8 Å². The number of hydrogen-bond acceptors (Lipinski definition) is 8. The molecule has 15 heteroatoms. The van der Waals surface area contributed by atoms with Gasteiger partial charge >= 0.3 is 0 Å². The molecule has 0 spiro atoms. The van der Waals surface area contributed by atoms with Crippen molar-refractivity contribution in [2.24, 2.45) is 0 Å². The molecule has 1 atom stereocenters. The van der Waals surface area contributed by atoms with Crippen LogP contribution < -0.4 is 15.5 Å². The van der Waals surface area contributed by atoms with Gasteiger partial charge in [-0.25, -0.2) is 17.2 Å². The predicted octanol–water partition coefficient (Wildman–Crippen LogP) is 3.29. The number of fused-ring (bicyclic) bond motifs is 1. The van der Waals surface area contributed by atoms with Crippen molar-refractivity contribution in [2.75, 3.05) is 61.9 Å². The summed E-state index contributed by atoms with van der Waals surface area (Å²) < 4.78 is 61.6. The fourth-order valence-corrected chi connectivity index (χ4v) is 7.81. The van der Waals surface area contributed by atoms with Gasteiger partial charge in [-0.2, -0.15) is 9.40 Å². The van der Waals surface area contributed by atoms with Gasteiger partial charge in [0.2, 0.25) is 10.0 Å². The molecular formula is C31H37F2N7O5S. The Morgan fingerprint density at radius 3 is 2.43 bits per heavy atom. The Hall–Kier alpha value is -3.92. The highest BCUT2D eigenvalue weighted by molar-refractivity contribution is 7.89. The van der Waals surface area contributed by atoms with Gasteiger partial charge in [-0.1, -0.05) is 13.8 Å². The van der Waals surface area contributed by atoms with E-state index in [1.54, 1.807) is 26.0 Å². The number of benzene rings is 2. The number of rotatable bonds is 7. The van der Waals surface area contributed by atoms with Crippen LogP contribution in [0, 0.1) is 11.6 Å². The van der Waals surface area contributed by atoms with E-state index in [-0.39, 0.29) is 30.4 Å². The van der Waals surface area contributed by atoms with Crippen LogP contribution in [0.2, 0.25) is 0 Å². The van der Waals surface area contributed by atoms with Gasteiger partial charge in [0.1, 0.15) is 17.7 Å². The van der Waals surface area contributed by atoms with Crippen molar-refractivity contribution in [3.63, 3.8) is 0 Å². The first-order chi connectivity index (χ1) is 21.8. The molecular weight excluding hydrogens is 620 g/mol. The molecule has 12 nitrogen and oxygen atoms in total. The number of amides is 2. The van der Waals surface area contributed by atoms with E-state index in [2.05, 4.69) is 37.7 Å². The number of hydrogen-bond donors (Lipinski definition) is 3. The largest absolute Gasteiger partial charge is 0.369 e. The zero-order valence-electron chi connectivity index (χ0n) is 25.9. The van der Waals surface area contributed by atoms with E-state index in [4.69, 9.17) is 4.74 Å². The average Bonchev–Trinajstić information content (AvgIpc) is 3.68. The van der Waals surface area contributed by atoms with Crippen LogP contribution in [0.15, 0.2) is 41.3 Å². The van der Waals surface area contributed by atoms with Crippen molar-refractivity contribution in [1.29, 1.82) is 0 Å². The maximum atomic E-state index is 14.0. The molecule has 1 aromatic heterocycles. The molecule has 3 aliphatic heterocycles. The summed E-state index contributed by atoms with van der Waals surface area (Å²) in [5.74, 6) is -2.80. The van der Waals surface area contributed by atoms with Crippen molar-refractivity contribution in [3.8, 4) is 0 Å². The maximum Gasteiger partial charge on any atom is 0.258 e. The summed E-state index contributed by atoms with van der Waals surface area (Å²) in [5, 5.41) is 12.9. The number of anilines is 3. The van der Waals surface area contributed by atoms with Gasteiger partial charge in [0.05, 0.1) is 16.1 Å². The summed E-state index contributed by atoms with van der Waals surface area (Å²) in [6.07, 6.45) is 0.750. The zero-order chi connectivity index (χ0) is 32.8. The summed E-state index contributed by atoms with van der Waals surface area (Å²) >= 11 is 0. The molecule has 2 fully saturated rings. The van der Waals surface area contributed by atoms with Crippen molar-refractivity contribution in [3.05, 3.63) is 64.9 Å². The maximum absolute atomic E-state index is 14.0. The van der Waals surface area contributed by atoms with Crippen molar-refractivity contribution < 1.29 is 31.5 Å². The van der Waals surface area contributed by atoms with Gasteiger partial charge in [-0.3, -0.25) is 14.7 Å². The Morgan fingerprint density at radius 1 is 1.04 bits per heavy atom. The van der Waals surface area contributed by atoms with Crippen LogP contribution >= 0.6 is 0 Å². The van der Waals surface area contributed by atoms with Crippen molar-refractivity contribution in [2.45, 2.75) is 49.6 Å². The minimum absolute atomic E-state index is 0.00319. The lowest BCUT2D eigenvalue weighted by Gasteiger charge is -2.36. The molecule has 0 aliphatic carbocycles. The lowest BCUT2D eigenvalue weighted by atomic mass is 9.84. The summed E-state index contributed by atoms with van der Waals surface area (Å²) in [5.41, 5.74) is 1.63. The molecule has 4 heterocycles. The van der Waals surface area contributed by atoms with Crippen LogP contribution in [0.3, 0.4) is 0 Å². The lowest BCUT2D eigenvalue weighted by molar-refractivity contribution is -0.124. The molecule has 0 bridgehead atoms. The van der Waals surface area contributed by atoms with Gasteiger partial charge in [0, 0.05) is 74.3 Å². The Kier molecular flexibility index (Phi) is 8.61. The summed E-state index contributed by atoms with van der Waals surface area (Å²) in [4.78, 5) is 30.8. The topological polar surface area (TPSA) is 140 Å². The molecule has 3 aromatic rings. The quantitative estimate of drug-likeness (QED) is 0.352. The predicted molar refractivity (Wildman–Crippen MR) is 167 cm³/mol. The highest BCUT2D eigenvalue weighted by Crippen LogP contribution is 2.38. The second-order valence-corrected chi connectivity index (χ2v) is 14.6. The van der Waals surface area contributed by atoms with Crippen LogP contribution in [-0.4, -0.2) is 92.1 Å². The Balaban J connectivity index is 1.29. The SMILES string of the molecule is CN1CCN(c2ccc(C(=O)Nc3n[nH]c4c3CN(S(=O)(=O)c3cc(F)cc(F)c3)CC4(C)C)c(NC(=O)[C@H]3CCCO3)c2)CC1. The van der Waals surface area contributed by atoms with E-state index in [9.17, 15) is 26.8 Å². The average molecular weight is 658 g/mol. The number of aromatic amines is 1. The van der Waals surface area contributed by atoms with E-state index in [0.29, 0.717) is 36.0 Å². The third-order valence-electron chi connectivity index (χ3n) is 8.75. The van der Waals surface area contributed by atoms with Crippen molar-refractivity contribution in [1.82, 2.24) is 19.4 Å². The number of ether oxygens (including phenoxy) is 1. The van der Waals surface area contributed by atoms with Gasteiger partial charge < -0.3 is 25.2 Å². The fourth-order valence-electron chi connectivity index (χ4n) is 6.20. The molecule has 2 saturated heterocycles. The number of carbonyl (C=O) groups is 2. The lowest BCUT2D eigenvalue weighted by Crippen LogP contribution is -2.45. The van der Waals surface area contributed by atoms with E-state index in [1.807, 2.05) is 6.07 Å². The minimum Gasteiger partial charge on any atom is -0.369 e. The molecule has 2 aromatic carbocycles. The Labute approximate surface area is 266 Å². The van der Waals surface area contributed by atoms with Crippen LogP contribution in [-0.2, 0) is 31.5 Å². The summed E-state index contributed by atoms with van der Waals surface area (Å²) in [6.45, 7) is 7.24. The van der Waals surface area contributed by atoms with Gasteiger partial charge in [-0.05, 0) is 50.2 Å². The number of piperazine rings is 1. The van der Waals surface area contributed by atoms with E-state index < -0.39 is 44.0 Å². The number of sulfonamides is 1. The molecule has 2 amide bonds. The number of carbonyl (C=O) groups excluding carboxylic acids is 2. The van der Waals surface area contributed by atoms with Crippen molar-refractivity contribution >= 4 is 39.0 Å². The second-order valence-electron chi connectivity index (χ2n) is 12.7. The third-order valence-corrected chi connectivity index (χ3v) is 10.5. The smallest absolute Gasteiger partial charge is 0.258 e. The van der Waals surface area contributed by atoms with E-state index in [0.717, 1.165) is 54.7 Å². The monoisotopic (exact) mass is 657 g/mol. The number of nitrogens with one attached hydrogen (secondary N) is 3. The molecule has 6 rings (SSSR count). The molecule has 46 heavy (non-hydrogen) atoms. The standard InChI is InChI=1S/C31H37F2N7O5S/c1-31(2)18-40(46(43,44)22-14-19(32)13-20(33)15-22)17-24-27(31)36-37-28(24)35-29(41)23-7-6-21(39-10-8-38(3)9-11-39)16-25(23)34-30(42)26-5-4-12-45-26/h6-7,13-16,26H,4-5,8-12,17-18H2,1-3H3,(H,34,42)(H2,35,36,37,41)/t26-/m1/s1. The Bertz CT molecular complexity index is 1750. The van der Waals surface area contributed by atoms with Gasteiger partial charge in [0.15, 0.2) is 5.82 Å². The fraction of sp³-hybridized carbons (Fsp3) is 0.452. The first-order valence-corrected chi connectivity index (χ1v) is 16.6. The molecule has 246 valence electrons. The molecule has 3 N–H and O–H groups in total. The highest BCUT2D eigenvalue weighted by Gasteiger charge is 2.41. The molecule has 0 radical (unpaired) electrons. The molecule has 0 saturated carbocycles. The normalized spacial score (nSPS) is 20.4. The van der Waals surface area contributed by atoms with Crippen LogP contribution in [0.25, 0.3) is 0 Å². The highest BCUT2D eigenvalue weighted by atomic mass is 32.2. The van der Waals surface area contributed by atoms with E-state index in [1.165, 1.54) is 0 Å². The number of nitrogens with zero attached hydrogens (tertiary/aromatic N) is 4. The van der Waals surface area contributed by atoms with Crippen LogP contribution in [0.5, 0.6) is 0 Å².